The fraction of sp³-hybridized carbons (Fsp3) is 0. The van der Waals surface area contributed by atoms with E-state index in [-0.39, 0.29) is 0 Å². The molecule has 0 spiro atoms. The van der Waals surface area contributed by atoms with Crippen LogP contribution in [0.15, 0.2) is 0 Å². The molecule has 0 aromatic rings. The molecule has 59 nitrogen and oxygen atoms in total. The monoisotopic (exact) mass is 1010 g/mol. The molecule has 0 saturated heterocycles. The Bertz CT molecular complexity index is 948. The Morgan fingerprint density at radius 2 is 0.295 bits per heavy atom. The first-order chi connectivity index (χ1) is 30.8. The van der Waals surface area contributed by atoms with Crippen LogP contribution in [0.2, 0.25) is 0 Å². The van der Waals surface area contributed by atoms with E-state index >= 15 is 0 Å². The van der Waals surface area contributed by atoms with E-state index in [9.17, 15) is 9.13 Å². The quantitative estimate of drug-likeness (QED) is 0.0269. The topological polar surface area (TPSA) is 582 Å². The molecule has 2 atom stereocenters. The largest absolute Gasteiger partial charge is 0.380 e. The van der Waals surface area contributed by atoms with Crippen LogP contribution in [0.3, 0.4) is 0 Å². The van der Waals surface area contributed by atoms with Crippen molar-refractivity contribution in [2.24, 2.45) is 0 Å². The summed E-state index contributed by atoms with van der Waals surface area (Å²) in [6.45, 7) is 0. The lowest BCUT2D eigenvalue weighted by molar-refractivity contribution is -0.903. The van der Waals surface area contributed by atoms with Crippen molar-refractivity contribution >= 4 is 16.4 Å². The highest BCUT2D eigenvalue weighted by molar-refractivity contribution is 7.33. The van der Waals surface area contributed by atoms with Gasteiger partial charge in [-0.05, 0) is 202 Å². The minimum absolute atomic E-state index is 2.86. The molecule has 2 N–H and O–H groups in total. The van der Waals surface area contributed by atoms with Gasteiger partial charge in [0.05, 0.1) is 0 Å². The summed E-state index contributed by atoms with van der Waals surface area (Å²) in [6, 6.07) is 0. The van der Waals surface area contributed by atoms with Crippen molar-refractivity contribution in [3.63, 3.8) is 0 Å². The van der Waals surface area contributed by atoms with Crippen molar-refractivity contribution < 1.29 is 295 Å². The first-order valence-corrected chi connectivity index (χ1v) is 12.3. The third kappa shape index (κ3) is 54.2. The Balaban J connectivity index is 3.34. The predicted octanol–water partition coefficient (Wildman–Crippen LogP) is -2.80. The second-order valence-corrected chi connectivity index (χ2v) is 5.72. The van der Waals surface area contributed by atoms with E-state index in [4.69, 9.17) is 13.1 Å². The van der Waals surface area contributed by atoms with E-state index in [1.165, 1.54) is 0 Å². The van der Waals surface area contributed by atoms with Gasteiger partial charge in [0, 0.05) is 55.4 Å². The lowest BCUT2D eigenvalue weighted by atomic mass is 14.0. The summed E-state index contributed by atoms with van der Waals surface area (Å²) in [5.74, 6) is 0. The summed E-state index contributed by atoms with van der Waals surface area (Å²) in [5.41, 5.74) is 0. The predicted molar refractivity (Wildman–Crippen MR) is 82.9 cm³/mol. The van der Waals surface area contributed by atoms with Crippen LogP contribution in [-0.4, -0.2) is 13.1 Å². The summed E-state index contributed by atoms with van der Waals surface area (Å²) >= 11 is 0. The molecule has 0 aromatic heterocycles. The Labute approximate surface area is 316 Å². The average molecular weight is 1010 g/mol. The van der Waals surface area contributed by atoms with E-state index < -0.39 is 16.4 Å². The van der Waals surface area contributed by atoms with Gasteiger partial charge in [-0.1, -0.05) is 0 Å². The van der Waals surface area contributed by atoms with Crippen molar-refractivity contribution in [3.8, 4) is 0 Å². The smallest absolute Gasteiger partial charge is 0.258 e. The Kier molecular flexibility index (Phi) is 49.2. The van der Waals surface area contributed by atoms with E-state index in [2.05, 4.69) is 276 Å². The van der Waals surface area contributed by atoms with Gasteiger partial charge in [-0.15, -0.1) is 18.7 Å². The zero-order valence-corrected chi connectivity index (χ0v) is 26.8. The second kappa shape index (κ2) is 54.3. The molecular weight excluding hydrogens is 1010 g/mol. The Morgan fingerprint density at radius 3 is 0.410 bits per heavy atom. The van der Waals surface area contributed by atoms with Crippen molar-refractivity contribution in [1.29, 1.82) is 2.56 Å². The SMILES string of the molecule is [3H]P(=O)(OOOOOOOOOOOOOO)OOOOOOOOOOOOOOP([3H])(=O)OOOOOOOOOOOOOOOOOOOOOOOOOOOOO. The van der Waals surface area contributed by atoms with E-state index in [1.807, 2.05) is 0 Å². The minimum Gasteiger partial charge on any atom is -0.258 e. The van der Waals surface area contributed by atoms with E-state index in [1.54, 1.807) is 0 Å². The van der Waals surface area contributed by atoms with Crippen LogP contribution in [0.5, 0.6) is 0 Å². The molecule has 61 heavy (non-hydrogen) atoms. The number of hydrogen-bond donors (Lipinski definition) is 2. The zero-order chi connectivity index (χ0) is 45.9. The molecule has 0 saturated carbocycles. The lowest BCUT2D eigenvalue weighted by Crippen LogP contribution is -2.06. The average Bonchev–Trinajstić information content (AvgIpc) is 3.26. The van der Waals surface area contributed by atoms with Crippen molar-refractivity contribution in [2.45, 2.75) is 0 Å². The zero-order valence-electron chi connectivity index (χ0n) is 27.1. The molecule has 0 radical (unpaired) electrons. The normalized spacial score (nSPS) is 14.3. The van der Waals surface area contributed by atoms with E-state index in [0.29, 0.717) is 0 Å². The maximum Gasteiger partial charge on any atom is 0.380 e. The van der Waals surface area contributed by atoms with Crippen LogP contribution in [0.25, 0.3) is 0 Å². The first kappa shape index (κ1) is 55.3. The highest BCUT2D eigenvalue weighted by atomic mass is 31.1. The fourth-order valence-electron chi connectivity index (χ4n) is 0.686. The third-order valence-corrected chi connectivity index (χ3v) is 2.43. The van der Waals surface area contributed by atoms with Gasteiger partial charge in [0.25, 0.3) is 0 Å². The summed E-state index contributed by atoms with van der Waals surface area (Å²) in [4.78, 5) is 0. The maximum atomic E-state index is 11.3. The molecule has 0 aromatic carbocycles. The molecule has 0 aliphatic rings. The van der Waals surface area contributed by atoms with Crippen LogP contribution in [0, 0.1) is 0 Å². The lowest BCUT2D eigenvalue weighted by Gasteiger charge is -2.01. The molecule has 0 bridgehead atoms. The molecule has 0 aliphatic heterocycles. The van der Waals surface area contributed by atoms with Crippen molar-refractivity contribution in [2.75, 3.05) is 0 Å². The van der Waals surface area contributed by atoms with Crippen molar-refractivity contribution in [1.82, 2.24) is 0 Å². The van der Waals surface area contributed by atoms with Gasteiger partial charge < -0.3 is 0 Å². The fourth-order valence-corrected chi connectivity index (χ4v) is 1.03. The van der Waals surface area contributed by atoms with Gasteiger partial charge >= 0.3 is 16.4 Å². The Hall–Kier alpha value is -1.82. The molecule has 368 valence electrons. The summed E-state index contributed by atoms with van der Waals surface area (Å²) < 4.78 is 50.8. The molecule has 0 aliphatic carbocycles. The summed E-state index contributed by atoms with van der Waals surface area (Å²) in [7, 11) is -10.2. The summed E-state index contributed by atoms with van der Waals surface area (Å²) in [6.07, 6.45) is 0. The number of rotatable bonds is 56. The standard InChI is InChI=1S/H4O59P2/c1-5-7-9-11-13-15-17-19-20-21-22-23-24-25-26-27-28-29-30-31-32-33-37-41-45-49-53-57-61(4)59-55-51-47-43-39-35-34-38-42-46-50-54-58-60(3)56-52-48-44-40-36-18-16-14-12-10-8-6-2/h1-2,60-61H/i60T,61T. The summed E-state index contributed by atoms with van der Waals surface area (Å²) in [5, 5.41) is 190. The van der Waals surface area contributed by atoms with Crippen LogP contribution in [0.4, 0.5) is 0 Å². The highest BCUT2D eigenvalue weighted by Crippen LogP contribution is 2.25. The third-order valence-electron chi connectivity index (χ3n) is 1.70. The van der Waals surface area contributed by atoms with Crippen LogP contribution < -0.4 is 0 Å². The molecule has 0 fully saturated rings. The first-order valence-electron chi connectivity index (χ1n) is 11.0. The Morgan fingerprint density at radius 1 is 0.197 bits per heavy atom. The second-order valence-electron chi connectivity index (χ2n) is 4.23. The van der Waals surface area contributed by atoms with Gasteiger partial charge in [0.1, 0.15) is 0 Å². The molecule has 61 heteroatoms. The highest BCUT2D eigenvalue weighted by Gasteiger charge is 2.09. The molecule has 0 rings (SSSR count). The van der Waals surface area contributed by atoms with Crippen LogP contribution in [-0.2, 0) is 285 Å². The molecular formula is H4O59P2. The van der Waals surface area contributed by atoms with Gasteiger partial charge in [0.15, 0.2) is 2.56 Å². The maximum absolute atomic E-state index is 11.3. The molecule has 0 amide bonds. The molecule has 0 heterocycles. The van der Waals surface area contributed by atoms with Gasteiger partial charge in [-0.2, -0.15) is 0 Å². The minimum atomic E-state index is -5.12. The van der Waals surface area contributed by atoms with Crippen LogP contribution in [0.1, 0.15) is 0 Å². The van der Waals surface area contributed by atoms with Gasteiger partial charge in [-0.3, -0.25) is 9.13 Å². The van der Waals surface area contributed by atoms with Crippen molar-refractivity contribution in [3.05, 3.63) is 0 Å². The van der Waals surface area contributed by atoms with Gasteiger partial charge in [0.2, 0.25) is 0 Å². The van der Waals surface area contributed by atoms with Crippen LogP contribution >= 0.6 is 16.4 Å². The van der Waals surface area contributed by atoms with Gasteiger partial charge in [-0.25, -0.2) is 10.5 Å². The number of hydrogen-bond acceptors (Lipinski definition) is 59. The molecule has 2 unspecified atom stereocenters. The van der Waals surface area contributed by atoms with E-state index in [0.717, 1.165) is 0 Å².